The van der Waals surface area contributed by atoms with Crippen LogP contribution in [0.1, 0.15) is 28.0 Å². The molecule has 1 N–H and O–H groups in total. The standard InChI is InChI=1S/C26H22F2N6O4S/c27-19-8-16(9-23-18(19)13-38-14-24(28)39(23,36)37)25(35)31-12-17-10-22-15(11-30-17)2-3-20(32-22)21-4-5-29-26(33-21)34-6-1-7-34/h2-5,8-11,24H,1,6-7,12-14H2,(H,31,35)/t24-/m1/s1. The van der Waals surface area contributed by atoms with E-state index < -0.39 is 45.2 Å². The number of fused-ring (bicyclic) bond motifs is 2. The van der Waals surface area contributed by atoms with Crippen molar-refractivity contribution in [2.24, 2.45) is 0 Å². The third kappa shape index (κ3) is 4.79. The molecular weight excluding hydrogens is 530 g/mol. The number of hydrogen-bond donors (Lipinski definition) is 1. The highest BCUT2D eigenvalue weighted by atomic mass is 32.2. The number of amides is 1. The summed E-state index contributed by atoms with van der Waals surface area (Å²) in [4.78, 5) is 32.3. The van der Waals surface area contributed by atoms with Gasteiger partial charge in [0.15, 0.2) is 0 Å². The van der Waals surface area contributed by atoms with E-state index in [1.807, 2.05) is 12.1 Å². The lowest BCUT2D eigenvalue weighted by Gasteiger charge is -2.30. The van der Waals surface area contributed by atoms with Gasteiger partial charge in [-0.3, -0.25) is 9.78 Å². The fourth-order valence-electron chi connectivity index (χ4n) is 4.35. The molecule has 13 heteroatoms. The van der Waals surface area contributed by atoms with Crippen molar-refractivity contribution >= 4 is 32.6 Å². The molecule has 6 rings (SSSR count). The first kappa shape index (κ1) is 25.2. The van der Waals surface area contributed by atoms with Gasteiger partial charge in [0.25, 0.3) is 5.91 Å². The Bertz CT molecular complexity index is 1710. The largest absolute Gasteiger partial charge is 0.372 e. The maximum atomic E-state index is 14.7. The quantitative estimate of drug-likeness (QED) is 0.398. The first-order valence-electron chi connectivity index (χ1n) is 12.2. The van der Waals surface area contributed by atoms with Crippen molar-refractivity contribution in [3.8, 4) is 11.4 Å². The van der Waals surface area contributed by atoms with Crippen molar-refractivity contribution < 1.29 is 26.7 Å². The molecule has 1 aromatic carbocycles. The number of carbonyl (C=O) groups excluding carboxylic acids is 1. The molecule has 1 atom stereocenters. The van der Waals surface area contributed by atoms with E-state index in [4.69, 9.17) is 9.72 Å². The van der Waals surface area contributed by atoms with Gasteiger partial charge in [-0.05, 0) is 42.8 Å². The Hall–Kier alpha value is -4.10. The smallest absolute Gasteiger partial charge is 0.251 e. The molecule has 39 heavy (non-hydrogen) atoms. The molecule has 1 amide bonds. The monoisotopic (exact) mass is 552 g/mol. The second-order valence-corrected chi connectivity index (χ2v) is 11.3. The number of benzene rings is 1. The van der Waals surface area contributed by atoms with Crippen molar-refractivity contribution in [1.29, 1.82) is 0 Å². The first-order chi connectivity index (χ1) is 18.8. The van der Waals surface area contributed by atoms with Crippen LogP contribution in [0.4, 0.5) is 14.7 Å². The number of halogens is 2. The van der Waals surface area contributed by atoms with Gasteiger partial charge in [-0.15, -0.1) is 0 Å². The molecule has 1 saturated heterocycles. The fraction of sp³-hybridized carbons (Fsp3) is 0.269. The summed E-state index contributed by atoms with van der Waals surface area (Å²) >= 11 is 0. The zero-order valence-corrected chi connectivity index (χ0v) is 21.3. The minimum Gasteiger partial charge on any atom is -0.372 e. The van der Waals surface area contributed by atoms with Gasteiger partial charge < -0.3 is 15.0 Å². The molecule has 200 valence electrons. The maximum absolute atomic E-state index is 14.7. The lowest BCUT2D eigenvalue weighted by atomic mass is 10.1. The normalized spacial score (nSPS) is 18.2. The van der Waals surface area contributed by atoms with Crippen LogP contribution in [-0.4, -0.2) is 59.5 Å². The van der Waals surface area contributed by atoms with E-state index in [9.17, 15) is 22.0 Å². The molecule has 0 aliphatic carbocycles. The number of carbonyl (C=O) groups is 1. The Morgan fingerprint density at radius 1 is 1.10 bits per heavy atom. The highest BCUT2D eigenvalue weighted by molar-refractivity contribution is 7.92. The summed E-state index contributed by atoms with van der Waals surface area (Å²) in [6.07, 6.45) is 4.43. The van der Waals surface area contributed by atoms with E-state index >= 15 is 0 Å². The number of alkyl halides is 1. The molecule has 0 radical (unpaired) electrons. The fourth-order valence-corrected chi connectivity index (χ4v) is 5.69. The van der Waals surface area contributed by atoms with Crippen LogP contribution < -0.4 is 10.2 Å². The number of nitrogens with zero attached hydrogens (tertiary/aromatic N) is 5. The van der Waals surface area contributed by atoms with Crippen LogP contribution in [0.15, 0.2) is 53.7 Å². The molecule has 4 aromatic rings. The number of ether oxygens (including phenoxy) is 1. The van der Waals surface area contributed by atoms with Gasteiger partial charge in [-0.2, -0.15) is 0 Å². The van der Waals surface area contributed by atoms with Gasteiger partial charge in [0.1, 0.15) is 5.82 Å². The van der Waals surface area contributed by atoms with Gasteiger partial charge >= 0.3 is 0 Å². The Balaban J connectivity index is 1.22. The number of aromatic nitrogens is 4. The van der Waals surface area contributed by atoms with Crippen LogP contribution in [0.2, 0.25) is 0 Å². The maximum Gasteiger partial charge on any atom is 0.251 e. The number of hydrogen-bond acceptors (Lipinski definition) is 9. The zero-order chi connectivity index (χ0) is 27.1. The van der Waals surface area contributed by atoms with Crippen LogP contribution in [0.3, 0.4) is 0 Å². The number of rotatable bonds is 5. The highest BCUT2D eigenvalue weighted by Crippen LogP contribution is 2.29. The molecule has 3 aromatic heterocycles. The molecule has 1 fully saturated rings. The molecule has 5 heterocycles. The van der Waals surface area contributed by atoms with E-state index in [0.717, 1.165) is 37.0 Å². The van der Waals surface area contributed by atoms with Crippen LogP contribution in [-0.2, 0) is 27.7 Å². The molecule has 2 aliphatic heterocycles. The molecule has 10 nitrogen and oxygen atoms in total. The van der Waals surface area contributed by atoms with Crippen LogP contribution in [0.5, 0.6) is 0 Å². The molecule has 0 saturated carbocycles. The van der Waals surface area contributed by atoms with Crippen molar-refractivity contribution in [2.45, 2.75) is 30.0 Å². The molecular formula is C26H22F2N6O4S. The van der Waals surface area contributed by atoms with Gasteiger partial charge in [0.05, 0.1) is 47.3 Å². The van der Waals surface area contributed by atoms with Crippen molar-refractivity contribution in [3.63, 3.8) is 0 Å². The Morgan fingerprint density at radius 2 is 1.92 bits per heavy atom. The summed E-state index contributed by atoms with van der Waals surface area (Å²) in [5.74, 6) is -1.04. The predicted octanol–water partition coefficient (Wildman–Crippen LogP) is 2.97. The molecule has 2 aliphatic rings. The van der Waals surface area contributed by atoms with E-state index in [0.29, 0.717) is 28.5 Å². The van der Waals surface area contributed by atoms with E-state index in [1.54, 1.807) is 24.5 Å². The zero-order valence-electron chi connectivity index (χ0n) is 20.5. The van der Waals surface area contributed by atoms with Gasteiger partial charge in [-0.1, -0.05) is 0 Å². The average Bonchev–Trinajstić information content (AvgIpc) is 3.01. The van der Waals surface area contributed by atoms with Crippen LogP contribution in [0.25, 0.3) is 22.3 Å². The molecule has 0 unspecified atom stereocenters. The number of anilines is 1. The van der Waals surface area contributed by atoms with E-state index in [2.05, 4.69) is 25.2 Å². The summed E-state index contributed by atoms with van der Waals surface area (Å²) in [5.41, 5.74) is -0.458. The van der Waals surface area contributed by atoms with Crippen molar-refractivity contribution in [3.05, 3.63) is 71.4 Å². The topological polar surface area (TPSA) is 127 Å². The predicted molar refractivity (Wildman–Crippen MR) is 137 cm³/mol. The SMILES string of the molecule is O=C(NCc1cc2nc(-c3ccnc(N4CCC4)n3)ccc2cn1)c1cc(F)c2c(c1)S(=O)(=O)[C@@H](F)COC2. The third-order valence-corrected chi connectivity index (χ3v) is 8.45. The lowest BCUT2D eigenvalue weighted by molar-refractivity contribution is 0.0938. The van der Waals surface area contributed by atoms with Gasteiger partial charge in [-0.25, -0.2) is 32.2 Å². The number of pyridine rings is 2. The Labute approximate surface area is 222 Å². The highest BCUT2D eigenvalue weighted by Gasteiger charge is 2.35. The van der Waals surface area contributed by atoms with Crippen molar-refractivity contribution in [1.82, 2.24) is 25.3 Å². The summed E-state index contributed by atoms with van der Waals surface area (Å²) < 4.78 is 58.7. The number of nitrogens with one attached hydrogen (secondary N) is 1. The minimum atomic E-state index is -4.50. The van der Waals surface area contributed by atoms with E-state index in [-0.39, 0.29) is 17.7 Å². The Kier molecular flexibility index (Phi) is 6.39. The summed E-state index contributed by atoms with van der Waals surface area (Å²) in [6.45, 7) is 0.696. The van der Waals surface area contributed by atoms with Crippen LogP contribution >= 0.6 is 0 Å². The summed E-state index contributed by atoms with van der Waals surface area (Å²) in [7, 11) is -4.50. The molecule has 0 bridgehead atoms. The second kappa shape index (κ2) is 9.89. The first-order valence-corrected chi connectivity index (χ1v) is 13.7. The summed E-state index contributed by atoms with van der Waals surface area (Å²) in [6, 6.07) is 9.10. The lowest BCUT2D eigenvalue weighted by Crippen LogP contribution is -2.38. The minimum absolute atomic E-state index is 0.0341. The van der Waals surface area contributed by atoms with Crippen molar-refractivity contribution in [2.75, 3.05) is 24.6 Å². The second-order valence-electron chi connectivity index (χ2n) is 9.23. The van der Waals surface area contributed by atoms with E-state index in [1.165, 1.54) is 0 Å². The third-order valence-electron chi connectivity index (χ3n) is 6.66. The molecule has 0 spiro atoms. The number of sulfone groups is 1. The average molecular weight is 553 g/mol. The van der Waals surface area contributed by atoms with Gasteiger partial charge in [0.2, 0.25) is 21.3 Å². The van der Waals surface area contributed by atoms with Crippen LogP contribution in [0, 0.1) is 5.82 Å². The summed E-state index contributed by atoms with van der Waals surface area (Å²) in [5, 5.41) is 3.39. The Morgan fingerprint density at radius 3 is 2.72 bits per heavy atom. The van der Waals surface area contributed by atoms with Gasteiger partial charge in [0, 0.05) is 42.0 Å².